The van der Waals surface area contributed by atoms with Crippen molar-refractivity contribution in [1.29, 1.82) is 0 Å². The van der Waals surface area contributed by atoms with Crippen molar-refractivity contribution < 1.29 is 9.47 Å². The predicted octanol–water partition coefficient (Wildman–Crippen LogP) is 2.08. The number of nitrogens with one attached hydrogen (secondary N) is 2. The van der Waals surface area contributed by atoms with Crippen LogP contribution in [0.5, 0.6) is 5.88 Å². The fourth-order valence-corrected chi connectivity index (χ4v) is 2.70. The lowest BCUT2D eigenvalue weighted by molar-refractivity contribution is 0.143. The second kappa shape index (κ2) is 10.6. The first-order valence-corrected chi connectivity index (χ1v) is 8.73. The molecule has 0 aromatic carbocycles. The lowest BCUT2D eigenvalue weighted by atomic mass is 10.3. The Balaban J connectivity index is 1.70. The summed E-state index contributed by atoms with van der Waals surface area (Å²) in [6, 6.07) is 8.06. The van der Waals surface area contributed by atoms with Crippen molar-refractivity contribution in [1.82, 2.24) is 15.6 Å². The Morgan fingerprint density at radius 2 is 2.17 bits per heavy atom. The van der Waals surface area contributed by atoms with Gasteiger partial charge in [0.2, 0.25) is 5.88 Å². The lowest BCUT2D eigenvalue weighted by Crippen LogP contribution is -2.37. The SMILES string of the molecule is CN=C(NCCc1cccs1)NCc1ccc(OCCOC)nc1. The van der Waals surface area contributed by atoms with Crippen molar-refractivity contribution in [3.05, 3.63) is 46.3 Å². The quantitative estimate of drug-likeness (QED) is 0.413. The van der Waals surface area contributed by atoms with E-state index >= 15 is 0 Å². The molecule has 2 aromatic rings. The summed E-state index contributed by atoms with van der Waals surface area (Å²) < 4.78 is 10.4. The molecule has 24 heavy (non-hydrogen) atoms. The monoisotopic (exact) mass is 348 g/mol. The van der Waals surface area contributed by atoms with Crippen LogP contribution >= 0.6 is 11.3 Å². The number of guanidine groups is 1. The summed E-state index contributed by atoms with van der Waals surface area (Å²) in [6.45, 7) is 2.56. The van der Waals surface area contributed by atoms with Crippen LogP contribution in [0.25, 0.3) is 0 Å². The largest absolute Gasteiger partial charge is 0.475 e. The van der Waals surface area contributed by atoms with Gasteiger partial charge in [-0.2, -0.15) is 0 Å². The van der Waals surface area contributed by atoms with E-state index in [1.54, 1.807) is 31.7 Å². The average molecular weight is 348 g/mol. The molecule has 7 heteroatoms. The van der Waals surface area contributed by atoms with Crippen LogP contribution in [-0.2, 0) is 17.7 Å². The number of hydrogen-bond acceptors (Lipinski definition) is 5. The van der Waals surface area contributed by atoms with Crippen LogP contribution < -0.4 is 15.4 Å². The van der Waals surface area contributed by atoms with E-state index < -0.39 is 0 Å². The number of ether oxygens (including phenoxy) is 2. The normalized spacial score (nSPS) is 11.3. The molecule has 0 aliphatic carbocycles. The van der Waals surface area contributed by atoms with Gasteiger partial charge in [0.1, 0.15) is 6.61 Å². The maximum absolute atomic E-state index is 5.45. The van der Waals surface area contributed by atoms with Crippen molar-refractivity contribution in [2.75, 3.05) is 33.9 Å². The third-order valence-corrected chi connectivity index (χ3v) is 4.20. The van der Waals surface area contributed by atoms with E-state index in [0.29, 0.717) is 25.6 Å². The van der Waals surface area contributed by atoms with Gasteiger partial charge in [-0.15, -0.1) is 11.3 Å². The lowest BCUT2D eigenvalue weighted by Gasteiger charge is -2.11. The van der Waals surface area contributed by atoms with Gasteiger partial charge in [-0.05, 0) is 23.4 Å². The minimum Gasteiger partial charge on any atom is -0.475 e. The molecule has 2 rings (SSSR count). The molecule has 0 unspecified atom stereocenters. The third-order valence-electron chi connectivity index (χ3n) is 3.26. The highest BCUT2D eigenvalue weighted by Gasteiger charge is 2.01. The topological polar surface area (TPSA) is 67.8 Å². The number of methoxy groups -OCH3 is 1. The standard InChI is InChI=1S/C17H24N4O2S/c1-18-17(19-8-7-15-4-3-11-24-15)21-13-14-5-6-16(20-12-14)23-10-9-22-2/h3-6,11-12H,7-10,13H2,1-2H3,(H2,18,19,21). The molecule has 6 nitrogen and oxygen atoms in total. The highest BCUT2D eigenvalue weighted by Crippen LogP contribution is 2.08. The van der Waals surface area contributed by atoms with Gasteiger partial charge in [0.15, 0.2) is 5.96 Å². The molecular formula is C17H24N4O2S. The summed E-state index contributed by atoms with van der Waals surface area (Å²) in [4.78, 5) is 9.87. The molecule has 2 N–H and O–H groups in total. The highest BCUT2D eigenvalue weighted by molar-refractivity contribution is 7.09. The van der Waals surface area contributed by atoms with Crippen LogP contribution in [-0.4, -0.2) is 44.9 Å². The summed E-state index contributed by atoms with van der Waals surface area (Å²) in [7, 11) is 3.42. The molecule has 0 saturated heterocycles. The second-order valence-corrected chi connectivity index (χ2v) is 6.06. The summed E-state index contributed by atoms with van der Waals surface area (Å²) in [6.07, 6.45) is 2.79. The number of aromatic nitrogens is 1. The molecule has 2 heterocycles. The first-order chi connectivity index (χ1) is 11.8. The van der Waals surface area contributed by atoms with Crippen LogP contribution in [0.1, 0.15) is 10.4 Å². The number of thiophene rings is 1. The summed E-state index contributed by atoms with van der Waals surface area (Å²) in [5, 5.41) is 8.68. The zero-order chi connectivity index (χ0) is 17.0. The van der Waals surface area contributed by atoms with Crippen LogP contribution in [0.15, 0.2) is 40.8 Å². The van der Waals surface area contributed by atoms with Gasteiger partial charge in [0.05, 0.1) is 6.61 Å². The maximum atomic E-state index is 5.45. The molecule has 0 amide bonds. The van der Waals surface area contributed by atoms with E-state index in [-0.39, 0.29) is 0 Å². The van der Waals surface area contributed by atoms with Crippen LogP contribution in [0.4, 0.5) is 0 Å². The van der Waals surface area contributed by atoms with Gasteiger partial charge in [-0.1, -0.05) is 12.1 Å². The van der Waals surface area contributed by atoms with Gasteiger partial charge in [-0.3, -0.25) is 4.99 Å². The fourth-order valence-electron chi connectivity index (χ4n) is 2.00. The average Bonchev–Trinajstić information content (AvgIpc) is 3.13. The summed E-state index contributed by atoms with van der Waals surface area (Å²) in [5.74, 6) is 1.39. The van der Waals surface area contributed by atoms with Crippen molar-refractivity contribution >= 4 is 17.3 Å². The molecule has 130 valence electrons. The number of pyridine rings is 1. The molecule has 0 atom stereocenters. The zero-order valence-corrected chi connectivity index (χ0v) is 14.9. The van der Waals surface area contributed by atoms with Crippen molar-refractivity contribution in [2.24, 2.45) is 4.99 Å². The first kappa shape index (κ1) is 18.2. The number of rotatable bonds is 9. The number of aliphatic imine (C=N–C) groups is 1. The van der Waals surface area contributed by atoms with Gasteiger partial charge >= 0.3 is 0 Å². The second-order valence-electron chi connectivity index (χ2n) is 5.03. The minimum absolute atomic E-state index is 0.502. The fraction of sp³-hybridized carbons (Fsp3) is 0.412. The van der Waals surface area contributed by atoms with Crippen LogP contribution in [0.3, 0.4) is 0 Å². The highest BCUT2D eigenvalue weighted by atomic mass is 32.1. The van der Waals surface area contributed by atoms with E-state index in [9.17, 15) is 0 Å². The van der Waals surface area contributed by atoms with Crippen molar-refractivity contribution in [2.45, 2.75) is 13.0 Å². The van der Waals surface area contributed by atoms with Crippen molar-refractivity contribution in [3.8, 4) is 5.88 Å². The van der Waals surface area contributed by atoms with Crippen LogP contribution in [0.2, 0.25) is 0 Å². The maximum Gasteiger partial charge on any atom is 0.213 e. The minimum atomic E-state index is 0.502. The predicted molar refractivity (Wildman–Crippen MR) is 97.8 cm³/mol. The van der Waals surface area contributed by atoms with Gasteiger partial charge < -0.3 is 20.1 Å². The molecule has 0 radical (unpaired) electrons. The van der Waals surface area contributed by atoms with Gasteiger partial charge in [0, 0.05) is 44.4 Å². The Hall–Kier alpha value is -2.12. The molecule has 0 spiro atoms. The van der Waals surface area contributed by atoms with E-state index in [1.807, 2.05) is 12.1 Å². The Kier molecular flexibility index (Phi) is 8.06. The van der Waals surface area contributed by atoms with Crippen molar-refractivity contribution in [3.63, 3.8) is 0 Å². The van der Waals surface area contributed by atoms with E-state index in [2.05, 4.69) is 38.1 Å². The summed E-state index contributed by atoms with van der Waals surface area (Å²) >= 11 is 1.77. The third kappa shape index (κ3) is 6.55. The molecule has 2 aromatic heterocycles. The Bertz CT molecular complexity index is 600. The molecule has 0 bridgehead atoms. The van der Waals surface area contributed by atoms with Gasteiger partial charge in [0.25, 0.3) is 0 Å². The first-order valence-electron chi connectivity index (χ1n) is 7.85. The van der Waals surface area contributed by atoms with Crippen LogP contribution in [0, 0.1) is 0 Å². The molecule has 0 aliphatic rings. The van der Waals surface area contributed by atoms with Gasteiger partial charge in [-0.25, -0.2) is 4.98 Å². The smallest absolute Gasteiger partial charge is 0.213 e. The molecule has 0 aliphatic heterocycles. The Labute approximate surface area is 146 Å². The molecule has 0 saturated carbocycles. The van der Waals surface area contributed by atoms with E-state index in [4.69, 9.17) is 9.47 Å². The number of hydrogen-bond donors (Lipinski definition) is 2. The zero-order valence-electron chi connectivity index (χ0n) is 14.1. The number of nitrogens with zero attached hydrogens (tertiary/aromatic N) is 2. The Morgan fingerprint density at radius 1 is 1.25 bits per heavy atom. The van der Waals surface area contributed by atoms with E-state index in [0.717, 1.165) is 24.5 Å². The Morgan fingerprint density at radius 3 is 2.83 bits per heavy atom. The molecule has 0 fully saturated rings. The van der Waals surface area contributed by atoms with E-state index in [1.165, 1.54) is 4.88 Å². The molecular weight excluding hydrogens is 324 g/mol. The summed E-state index contributed by atoms with van der Waals surface area (Å²) in [5.41, 5.74) is 1.07.